The van der Waals surface area contributed by atoms with E-state index >= 15 is 0 Å². The van der Waals surface area contributed by atoms with Gasteiger partial charge in [-0.2, -0.15) is 0 Å². The molecule has 1 aromatic carbocycles. The Labute approximate surface area is 178 Å². The molecule has 31 heavy (non-hydrogen) atoms. The molecule has 0 bridgehead atoms. The molecular formula is C21H23F2N5O3. The van der Waals surface area contributed by atoms with Gasteiger partial charge in [-0.3, -0.25) is 9.89 Å². The number of nitrogens with zero attached hydrogens (tertiary/aromatic N) is 4. The van der Waals surface area contributed by atoms with Gasteiger partial charge in [0.1, 0.15) is 0 Å². The van der Waals surface area contributed by atoms with E-state index in [2.05, 4.69) is 36.1 Å². The van der Waals surface area contributed by atoms with Gasteiger partial charge in [-0.15, -0.1) is 8.78 Å². The highest BCUT2D eigenvalue weighted by Gasteiger charge is 2.43. The van der Waals surface area contributed by atoms with Crippen LogP contribution in [0.3, 0.4) is 0 Å². The average molecular weight is 431 g/mol. The second kappa shape index (κ2) is 8.46. The quantitative estimate of drug-likeness (QED) is 0.734. The minimum absolute atomic E-state index is 0.0349. The summed E-state index contributed by atoms with van der Waals surface area (Å²) in [6, 6.07) is 6.35. The van der Waals surface area contributed by atoms with Crippen molar-refractivity contribution in [3.05, 3.63) is 41.7 Å². The van der Waals surface area contributed by atoms with Gasteiger partial charge >= 0.3 is 12.3 Å². The molecule has 1 fully saturated rings. The molecule has 4 rings (SSSR count). The van der Waals surface area contributed by atoms with Crippen molar-refractivity contribution in [2.75, 3.05) is 26.2 Å². The maximum Gasteiger partial charge on any atom is 0.586 e. The number of piperazine rings is 1. The molecule has 1 saturated heterocycles. The minimum Gasteiger partial charge on any atom is -0.395 e. The lowest BCUT2D eigenvalue weighted by atomic mass is 10.1. The van der Waals surface area contributed by atoms with E-state index in [1.807, 2.05) is 13.0 Å². The molecule has 0 saturated carbocycles. The van der Waals surface area contributed by atoms with Gasteiger partial charge in [-0.05, 0) is 37.4 Å². The van der Waals surface area contributed by atoms with Crippen LogP contribution in [0, 0.1) is 0 Å². The van der Waals surface area contributed by atoms with E-state index in [0.717, 1.165) is 16.9 Å². The van der Waals surface area contributed by atoms with Crippen LogP contribution in [0.4, 0.5) is 19.3 Å². The third-order valence-corrected chi connectivity index (χ3v) is 5.21. The Morgan fingerprint density at radius 3 is 2.68 bits per heavy atom. The van der Waals surface area contributed by atoms with E-state index in [9.17, 15) is 13.6 Å². The summed E-state index contributed by atoms with van der Waals surface area (Å²) in [5.41, 5.74) is 3.15. The smallest absolute Gasteiger partial charge is 0.395 e. The number of benzene rings is 1. The van der Waals surface area contributed by atoms with Gasteiger partial charge in [0.05, 0.1) is 5.69 Å². The molecular weight excluding hydrogens is 408 g/mol. The monoisotopic (exact) mass is 431 g/mol. The number of urea groups is 1. The molecule has 3 heterocycles. The Kier molecular flexibility index (Phi) is 5.73. The van der Waals surface area contributed by atoms with E-state index in [1.54, 1.807) is 23.2 Å². The SMILES string of the molecule is C=Nc1cc[nH]c1CC(C)=NC(=O)N1CCN(Cc2ccc3c(c2)OC(F)(F)O3)CC1. The molecule has 0 unspecified atom stereocenters. The molecule has 164 valence electrons. The molecule has 0 aliphatic carbocycles. The zero-order chi connectivity index (χ0) is 22.0. The highest BCUT2D eigenvalue weighted by Crippen LogP contribution is 2.41. The first-order valence-electron chi connectivity index (χ1n) is 9.90. The number of carbonyl (C=O) groups excluding carboxylic acids is 1. The van der Waals surface area contributed by atoms with Crippen molar-refractivity contribution < 1.29 is 23.0 Å². The molecule has 1 N–H and O–H groups in total. The molecule has 2 amide bonds. The Balaban J connectivity index is 1.29. The lowest BCUT2D eigenvalue weighted by Gasteiger charge is -2.33. The number of nitrogens with one attached hydrogen (secondary N) is 1. The lowest BCUT2D eigenvalue weighted by Crippen LogP contribution is -2.47. The largest absolute Gasteiger partial charge is 0.586 e. The standard InChI is InChI=1S/C21H23F2N5O3/c1-14(11-17-16(24-2)5-6-25-17)26-20(29)28-9-7-27(8-10-28)13-15-3-4-18-19(12-15)31-21(22,23)30-18/h3-6,12,25H,2,7-11,13H2,1H3. The van der Waals surface area contributed by atoms with Crippen molar-refractivity contribution in [3.8, 4) is 11.5 Å². The number of ether oxygens (including phenoxy) is 2. The van der Waals surface area contributed by atoms with Crippen molar-refractivity contribution in [2.24, 2.45) is 9.98 Å². The summed E-state index contributed by atoms with van der Waals surface area (Å²) in [4.78, 5) is 27.6. The third kappa shape index (κ3) is 4.91. The van der Waals surface area contributed by atoms with Crippen LogP contribution < -0.4 is 9.47 Å². The second-order valence-corrected chi connectivity index (χ2v) is 7.52. The zero-order valence-corrected chi connectivity index (χ0v) is 17.1. The topological polar surface area (TPSA) is 82.5 Å². The molecule has 2 aliphatic rings. The summed E-state index contributed by atoms with van der Waals surface area (Å²) >= 11 is 0. The zero-order valence-electron chi connectivity index (χ0n) is 17.1. The number of rotatable bonds is 5. The molecule has 0 radical (unpaired) electrons. The number of H-pyrrole nitrogens is 1. The first-order chi connectivity index (χ1) is 14.8. The van der Waals surface area contributed by atoms with Gasteiger partial charge < -0.3 is 19.4 Å². The minimum atomic E-state index is -3.61. The summed E-state index contributed by atoms with van der Waals surface area (Å²) < 4.78 is 35.3. The summed E-state index contributed by atoms with van der Waals surface area (Å²) in [6.07, 6.45) is -1.34. The molecule has 1 aromatic heterocycles. The maximum absolute atomic E-state index is 13.2. The summed E-state index contributed by atoms with van der Waals surface area (Å²) in [6.45, 7) is 8.31. The fourth-order valence-electron chi connectivity index (χ4n) is 3.66. The van der Waals surface area contributed by atoms with E-state index in [-0.39, 0.29) is 17.5 Å². The first-order valence-corrected chi connectivity index (χ1v) is 9.90. The number of aliphatic imine (C=N–C) groups is 2. The summed E-state index contributed by atoms with van der Waals surface area (Å²) in [7, 11) is 0. The van der Waals surface area contributed by atoms with Crippen LogP contribution in [0.5, 0.6) is 11.5 Å². The van der Waals surface area contributed by atoms with Gasteiger partial charge in [0.2, 0.25) is 0 Å². The van der Waals surface area contributed by atoms with Crippen molar-refractivity contribution in [2.45, 2.75) is 26.2 Å². The number of halogens is 2. The van der Waals surface area contributed by atoms with Crippen molar-refractivity contribution in [1.29, 1.82) is 0 Å². The lowest BCUT2D eigenvalue weighted by molar-refractivity contribution is -0.286. The van der Waals surface area contributed by atoms with Gasteiger partial charge in [0.25, 0.3) is 0 Å². The number of carbonyl (C=O) groups is 1. The van der Waals surface area contributed by atoms with Crippen molar-refractivity contribution in [1.82, 2.24) is 14.8 Å². The second-order valence-electron chi connectivity index (χ2n) is 7.52. The van der Waals surface area contributed by atoms with Crippen LogP contribution in [0.25, 0.3) is 0 Å². The van der Waals surface area contributed by atoms with Crippen LogP contribution in [-0.2, 0) is 13.0 Å². The van der Waals surface area contributed by atoms with E-state index in [1.165, 1.54) is 6.07 Å². The maximum atomic E-state index is 13.2. The van der Waals surface area contributed by atoms with Gasteiger partial charge in [-0.25, -0.2) is 9.79 Å². The van der Waals surface area contributed by atoms with Gasteiger partial charge in [0, 0.05) is 56.7 Å². The molecule has 8 nitrogen and oxygen atoms in total. The van der Waals surface area contributed by atoms with E-state index in [0.29, 0.717) is 44.9 Å². The summed E-state index contributed by atoms with van der Waals surface area (Å²) in [5.74, 6) is 0.0748. The van der Waals surface area contributed by atoms with Gasteiger partial charge in [0.15, 0.2) is 11.5 Å². The van der Waals surface area contributed by atoms with Crippen LogP contribution in [0.2, 0.25) is 0 Å². The van der Waals surface area contributed by atoms with Crippen molar-refractivity contribution in [3.63, 3.8) is 0 Å². The fraction of sp³-hybridized carbons (Fsp3) is 0.381. The normalized spacial score (nSPS) is 18.3. The van der Waals surface area contributed by atoms with Crippen LogP contribution in [-0.4, -0.2) is 65.7 Å². The van der Waals surface area contributed by atoms with Crippen molar-refractivity contribution >= 4 is 24.1 Å². The van der Waals surface area contributed by atoms with Crippen LogP contribution in [0.15, 0.2) is 40.4 Å². The highest BCUT2D eigenvalue weighted by molar-refractivity contribution is 5.95. The number of aromatic amines is 1. The van der Waals surface area contributed by atoms with Crippen LogP contribution in [0.1, 0.15) is 18.2 Å². The molecule has 2 aliphatic heterocycles. The summed E-state index contributed by atoms with van der Waals surface area (Å²) in [5, 5.41) is 0. The predicted octanol–water partition coefficient (Wildman–Crippen LogP) is 3.61. The number of aromatic nitrogens is 1. The van der Waals surface area contributed by atoms with E-state index in [4.69, 9.17) is 0 Å². The molecule has 2 aromatic rings. The Morgan fingerprint density at radius 2 is 1.94 bits per heavy atom. The third-order valence-electron chi connectivity index (χ3n) is 5.21. The number of fused-ring (bicyclic) bond motifs is 1. The average Bonchev–Trinajstić information content (AvgIpc) is 3.29. The number of hydrogen-bond acceptors (Lipinski definition) is 5. The first kappa shape index (κ1) is 21.0. The molecule has 0 atom stereocenters. The molecule has 0 spiro atoms. The number of hydrogen-bond donors (Lipinski definition) is 1. The highest BCUT2D eigenvalue weighted by atomic mass is 19.3. The number of alkyl halides is 2. The number of amides is 2. The van der Waals surface area contributed by atoms with Crippen LogP contribution >= 0.6 is 0 Å². The Bertz CT molecular complexity index is 1010. The fourth-order valence-corrected chi connectivity index (χ4v) is 3.66. The Hall–Kier alpha value is -3.27. The predicted molar refractivity (Wildman–Crippen MR) is 112 cm³/mol. The molecule has 10 heteroatoms. The van der Waals surface area contributed by atoms with Gasteiger partial charge in [-0.1, -0.05) is 6.07 Å². The van der Waals surface area contributed by atoms with E-state index < -0.39 is 6.29 Å². The Morgan fingerprint density at radius 1 is 1.19 bits per heavy atom.